The Morgan fingerprint density at radius 2 is 1.07 bits per heavy atom. The lowest BCUT2D eigenvalue weighted by molar-refractivity contribution is 0.433. The van der Waals surface area contributed by atoms with Gasteiger partial charge in [0.05, 0.1) is 5.41 Å². The second-order valence-corrected chi connectivity index (χ2v) is 14.8. The molecule has 0 fully saturated rings. The molecule has 4 nitrogen and oxygen atoms in total. The summed E-state index contributed by atoms with van der Waals surface area (Å²) in [7, 11) is 0. The van der Waals surface area contributed by atoms with Crippen LogP contribution in [0.3, 0.4) is 0 Å². The van der Waals surface area contributed by atoms with Crippen LogP contribution in [-0.4, -0.2) is 15.0 Å². The molecule has 0 bridgehead atoms. The summed E-state index contributed by atoms with van der Waals surface area (Å²) < 4.78 is 7.11. The topological polar surface area (TPSA) is 47.9 Å². The van der Waals surface area contributed by atoms with Gasteiger partial charge in [-0.2, -0.15) is 0 Å². The minimum Gasteiger partial charge on any atom is -0.456 e. The minimum absolute atomic E-state index is 0.457. The number of para-hydroxylation sites is 2. The van der Waals surface area contributed by atoms with Gasteiger partial charge < -0.3 is 4.74 Å². The van der Waals surface area contributed by atoms with Crippen LogP contribution in [0, 0.1) is 0 Å². The van der Waals surface area contributed by atoms with Gasteiger partial charge in [-0.15, -0.1) is 0 Å². The van der Waals surface area contributed by atoms with Crippen LogP contribution in [0.2, 0.25) is 0 Å². The zero-order valence-corrected chi connectivity index (χ0v) is 30.8. The molecule has 0 saturated carbocycles. The summed E-state index contributed by atoms with van der Waals surface area (Å²) in [6.45, 7) is 0. The van der Waals surface area contributed by atoms with Crippen LogP contribution in [0.4, 0.5) is 0 Å². The van der Waals surface area contributed by atoms with E-state index in [1.807, 2.05) is 18.2 Å². The second-order valence-electron chi connectivity index (χ2n) is 14.8. The number of benzene rings is 6. The van der Waals surface area contributed by atoms with E-state index in [2.05, 4.69) is 158 Å². The van der Waals surface area contributed by atoms with E-state index in [4.69, 9.17) is 19.7 Å². The Morgan fingerprint density at radius 3 is 1.88 bits per heavy atom. The molecule has 2 heterocycles. The van der Waals surface area contributed by atoms with E-state index in [9.17, 15) is 0 Å². The van der Waals surface area contributed by atoms with Crippen molar-refractivity contribution in [2.24, 2.45) is 0 Å². The number of ether oxygens (including phenoxy) is 1. The van der Waals surface area contributed by atoms with Gasteiger partial charge in [0.25, 0.3) is 0 Å². The number of rotatable bonds is 5. The first kappa shape index (κ1) is 32.5. The first-order valence-corrected chi connectivity index (χ1v) is 19.6. The van der Waals surface area contributed by atoms with Gasteiger partial charge in [0, 0.05) is 27.8 Å². The van der Waals surface area contributed by atoms with Crippen molar-refractivity contribution in [2.75, 3.05) is 0 Å². The number of hydrogen-bond donors (Lipinski definition) is 0. The number of fused-ring (bicyclic) bond motifs is 8. The molecule has 3 aliphatic carbocycles. The van der Waals surface area contributed by atoms with Crippen molar-refractivity contribution in [3.63, 3.8) is 0 Å². The van der Waals surface area contributed by atoms with Gasteiger partial charge in [-0.25, -0.2) is 15.0 Å². The van der Waals surface area contributed by atoms with Crippen molar-refractivity contribution in [3.05, 3.63) is 210 Å². The van der Waals surface area contributed by atoms with E-state index < -0.39 is 5.41 Å². The Balaban J connectivity index is 1.12. The Bertz CT molecular complexity index is 2840. The van der Waals surface area contributed by atoms with E-state index in [1.165, 1.54) is 33.4 Å². The summed E-state index contributed by atoms with van der Waals surface area (Å²) in [6, 6.07) is 51.8. The first-order chi connectivity index (χ1) is 27.8. The number of nitrogens with zero attached hydrogens (tertiary/aromatic N) is 3. The lowest BCUT2D eigenvalue weighted by atomic mass is 9.63. The molecule has 0 radical (unpaired) electrons. The van der Waals surface area contributed by atoms with E-state index in [1.54, 1.807) is 0 Å². The maximum absolute atomic E-state index is 7.11. The van der Waals surface area contributed by atoms with Gasteiger partial charge in [-0.1, -0.05) is 170 Å². The zero-order chi connectivity index (χ0) is 37.1. The van der Waals surface area contributed by atoms with Crippen molar-refractivity contribution >= 4 is 11.1 Å². The van der Waals surface area contributed by atoms with Crippen LogP contribution < -0.4 is 4.74 Å². The quantitative estimate of drug-likeness (QED) is 0.178. The highest BCUT2D eigenvalue weighted by Crippen LogP contribution is 2.64. The fraction of sp³-hybridized carbons (Fsp3) is 0.0962. The molecule has 0 amide bonds. The molecule has 56 heavy (non-hydrogen) atoms. The van der Waals surface area contributed by atoms with Crippen molar-refractivity contribution in [1.29, 1.82) is 0 Å². The molecular formula is C52H37N3O. The standard InChI is InChI=1S/C52H37N3O/c1-3-18-34(19-4-1)49-53-50(35-20-5-2-6-21-35)55-51(54-49)42-27-10-9-24-38(42)36-22-7-8-23-37(36)41-28-17-32-46-48(41)56-47-33-16-15-31-45(47)52(46)43-29-13-11-25-39(43)40-26-12-14-30-44(40)52/h1-5,7-13,15-20,22-29,31-33H,6,14,21,30H2. The molecule has 7 aromatic rings. The predicted molar refractivity (Wildman–Crippen MR) is 226 cm³/mol. The second kappa shape index (κ2) is 13.1. The summed E-state index contributed by atoms with van der Waals surface area (Å²) in [6.07, 6.45) is 15.0. The summed E-state index contributed by atoms with van der Waals surface area (Å²) in [5, 5.41) is 0. The summed E-state index contributed by atoms with van der Waals surface area (Å²) >= 11 is 0. The lowest BCUT2D eigenvalue weighted by Crippen LogP contribution is -2.33. The smallest absolute Gasteiger partial charge is 0.164 e. The van der Waals surface area contributed by atoms with Gasteiger partial charge in [0.15, 0.2) is 17.5 Å². The predicted octanol–water partition coefficient (Wildman–Crippen LogP) is 12.8. The Morgan fingerprint density at radius 1 is 0.464 bits per heavy atom. The SMILES string of the molecule is C1=CCCC(c2nc(-c3ccccc3)nc(-c3ccccc3-c3ccccc3-c3cccc4c3Oc3ccccc3C43C4=C(C=CCC4)c4ccccc43)n2)=C1. The highest BCUT2D eigenvalue weighted by molar-refractivity contribution is 5.96. The van der Waals surface area contributed by atoms with E-state index in [-0.39, 0.29) is 0 Å². The van der Waals surface area contributed by atoms with Gasteiger partial charge in [0.1, 0.15) is 11.5 Å². The van der Waals surface area contributed by atoms with Crippen LogP contribution in [0.1, 0.15) is 53.8 Å². The lowest BCUT2D eigenvalue weighted by Gasteiger charge is -2.41. The van der Waals surface area contributed by atoms with E-state index in [0.29, 0.717) is 11.6 Å². The third-order valence-corrected chi connectivity index (χ3v) is 11.8. The number of hydrogen-bond acceptors (Lipinski definition) is 4. The molecule has 1 aromatic heterocycles. The molecule has 1 aliphatic heterocycles. The van der Waals surface area contributed by atoms with Crippen LogP contribution in [-0.2, 0) is 5.41 Å². The fourth-order valence-electron chi connectivity index (χ4n) is 9.41. The maximum Gasteiger partial charge on any atom is 0.164 e. The highest BCUT2D eigenvalue weighted by Gasteiger charge is 2.52. The monoisotopic (exact) mass is 719 g/mol. The van der Waals surface area contributed by atoms with Crippen LogP contribution in [0.15, 0.2) is 182 Å². The van der Waals surface area contributed by atoms with Crippen molar-refractivity contribution in [1.82, 2.24) is 15.0 Å². The van der Waals surface area contributed by atoms with Crippen LogP contribution in [0.25, 0.3) is 56.2 Å². The summed E-state index contributed by atoms with van der Waals surface area (Å²) in [5.74, 6) is 3.85. The highest BCUT2D eigenvalue weighted by atomic mass is 16.5. The first-order valence-electron chi connectivity index (χ1n) is 19.6. The van der Waals surface area contributed by atoms with Crippen molar-refractivity contribution in [3.8, 4) is 56.5 Å². The van der Waals surface area contributed by atoms with Crippen molar-refractivity contribution in [2.45, 2.75) is 31.1 Å². The molecule has 0 saturated heterocycles. The van der Waals surface area contributed by atoms with Gasteiger partial charge >= 0.3 is 0 Å². The van der Waals surface area contributed by atoms with Gasteiger partial charge in [-0.3, -0.25) is 0 Å². The van der Waals surface area contributed by atoms with Gasteiger partial charge in [-0.05, 0) is 76.3 Å². The minimum atomic E-state index is -0.457. The molecule has 1 atom stereocenters. The largest absolute Gasteiger partial charge is 0.456 e. The number of aromatic nitrogens is 3. The average molecular weight is 720 g/mol. The molecule has 0 N–H and O–H groups in total. The maximum atomic E-state index is 7.11. The third-order valence-electron chi connectivity index (χ3n) is 11.8. The van der Waals surface area contributed by atoms with Gasteiger partial charge in [0.2, 0.25) is 0 Å². The molecule has 266 valence electrons. The van der Waals surface area contributed by atoms with E-state index in [0.717, 1.165) is 82.0 Å². The normalized spacial score (nSPS) is 17.5. The van der Waals surface area contributed by atoms with E-state index >= 15 is 0 Å². The average Bonchev–Trinajstić information content (AvgIpc) is 3.57. The molecule has 4 heteroatoms. The molecular weight excluding hydrogens is 683 g/mol. The zero-order valence-electron chi connectivity index (χ0n) is 30.8. The third kappa shape index (κ3) is 4.95. The molecule has 1 spiro atoms. The Hall–Kier alpha value is -6.91. The molecule has 6 aromatic carbocycles. The Kier molecular flexibility index (Phi) is 7.63. The van der Waals surface area contributed by atoms with Crippen LogP contribution >= 0.6 is 0 Å². The molecule has 4 aliphatic rings. The summed E-state index contributed by atoms with van der Waals surface area (Å²) in [5.41, 5.74) is 14.7. The van der Waals surface area contributed by atoms with Crippen LogP contribution in [0.5, 0.6) is 11.5 Å². The fourth-order valence-corrected chi connectivity index (χ4v) is 9.41. The number of allylic oxidation sites excluding steroid dienone is 8. The molecule has 1 unspecified atom stereocenters. The Labute approximate surface area is 327 Å². The van der Waals surface area contributed by atoms with Crippen molar-refractivity contribution < 1.29 is 4.74 Å². The molecule has 11 rings (SSSR count). The summed E-state index contributed by atoms with van der Waals surface area (Å²) in [4.78, 5) is 15.4.